The first kappa shape index (κ1) is 15.8. The molecule has 3 rings (SSSR count). The van der Waals surface area contributed by atoms with E-state index >= 15 is 0 Å². The maximum Gasteiger partial charge on any atom is 0.214 e. The number of hydrogen-bond donors (Lipinski definition) is 2. The van der Waals surface area contributed by atoms with E-state index in [1.807, 2.05) is 36.4 Å². The molecule has 0 unspecified atom stereocenters. The molecule has 0 amide bonds. The highest BCUT2D eigenvalue weighted by Gasteiger charge is 2.09. The summed E-state index contributed by atoms with van der Waals surface area (Å²) in [5.41, 5.74) is 4.12. The molecule has 0 saturated heterocycles. The second-order valence-electron chi connectivity index (χ2n) is 5.11. The van der Waals surface area contributed by atoms with Gasteiger partial charge in [0.05, 0.1) is 11.6 Å². The van der Waals surface area contributed by atoms with Crippen molar-refractivity contribution in [1.29, 1.82) is 0 Å². The molecule has 23 heavy (non-hydrogen) atoms. The molecule has 0 saturated carbocycles. The number of hydrogen-bond acceptors (Lipinski definition) is 4. The average molecular weight is 349 g/mol. The second kappa shape index (κ2) is 7.02. The minimum atomic E-state index is 0.509. The quantitative estimate of drug-likeness (QED) is 0.641. The molecule has 2 heterocycles. The van der Waals surface area contributed by atoms with Gasteiger partial charge in [-0.1, -0.05) is 30.7 Å². The van der Waals surface area contributed by atoms with Crippen molar-refractivity contribution in [3.8, 4) is 11.3 Å². The smallest absolute Gasteiger partial charge is 0.214 e. The number of H-pyrrole nitrogens is 1. The van der Waals surface area contributed by atoms with Crippen LogP contribution in [0.2, 0.25) is 5.02 Å². The lowest BCUT2D eigenvalue weighted by molar-refractivity contribution is 0.520. The van der Waals surface area contributed by atoms with Crippen molar-refractivity contribution in [3.05, 3.63) is 57.8 Å². The van der Waals surface area contributed by atoms with Gasteiger partial charge in [-0.05, 0) is 42.9 Å². The van der Waals surface area contributed by atoms with Gasteiger partial charge in [-0.3, -0.25) is 5.10 Å². The zero-order chi connectivity index (χ0) is 16.2. The van der Waals surface area contributed by atoms with Crippen LogP contribution in [-0.2, 0) is 13.0 Å². The number of aromatic amines is 1. The van der Waals surface area contributed by atoms with Crippen LogP contribution in [0, 0.1) is 4.77 Å². The third kappa shape index (κ3) is 3.48. The molecule has 0 aliphatic heterocycles. The van der Waals surface area contributed by atoms with Gasteiger partial charge in [0.2, 0.25) is 4.77 Å². The SMILES string of the molecule is CCCc1n[nH]c(=S)n1NCc1ccc(-c2ccccc2Cl)o1. The Bertz CT molecular complexity index is 852. The highest BCUT2D eigenvalue weighted by atomic mass is 35.5. The van der Waals surface area contributed by atoms with Crippen molar-refractivity contribution in [2.75, 3.05) is 5.43 Å². The van der Waals surface area contributed by atoms with E-state index in [0.717, 1.165) is 35.7 Å². The summed E-state index contributed by atoms with van der Waals surface area (Å²) in [6.45, 7) is 2.61. The van der Waals surface area contributed by atoms with E-state index in [0.29, 0.717) is 16.3 Å². The summed E-state index contributed by atoms with van der Waals surface area (Å²) in [5, 5.41) is 7.69. The number of aromatic nitrogens is 3. The fraction of sp³-hybridized carbons (Fsp3) is 0.250. The molecule has 1 aromatic carbocycles. The molecule has 5 nitrogen and oxygen atoms in total. The first-order valence-electron chi connectivity index (χ1n) is 7.43. The molecule has 0 radical (unpaired) electrons. The first-order chi connectivity index (χ1) is 11.2. The lowest BCUT2D eigenvalue weighted by Crippen LogP contribution is -2.17. The molecule has 0 atom stereocenters. The van der Waals surface area contributed by atoms with Gasteiger partial charge in [0.1, 0.15) is 11.5 Å². The summed E-state index contributed by atoms with van der Waals surface area (Å²) < 4.78 is 8.20. The van der Waals surface area contributed by atoms with E-state index in [1.165, 1.54) is 0 Å². The molecule has 2 N–H and O–H groups in total. The Labute approximate surface area is 144 Å². The van der Waals surface area contributed by atoms with Crippen molar-refractivity contribution in [3.63, 3.8) is 0 Å². The number of furan rings is 1. The van der Waals surface area contributed by atoms with Gasteiger partial charge in [-0.15, -0.1) is 0 Å². The van der Waals surface area contributed by atoms with Crippen LogP contribution in [0.5, 0.6) is 0 Å². The monoisotopic (exact) mass is 348 g/mol. The molecular formula is C16H17ClN4OS. The maximum atomic E-state index is 6.20. The van der Waals surface area contributed by atoms with Crippen LogP contribution in [0.25, 0.3) is 11.3 Å². The van der Waals surface area contributed by atoms with Crippen molar-refractivity contribution in [1.82, 2.24) is 14.9 Å². The lowest BCUT2D eigenvalue weighted by Gasteiger charge is -2.08. The number of benzene rings is 1. The van der Waals surface area contributed by atoms with Crippen LogP contribution in [-0.4, -0.2) is 14.9 Å². The number of nitrogens with one attached hydrogen (secondary N) is 2. The van der Waals surface area contributed by atoms with Gasteiger partial charge in [0.15, 0.2) is 5.82 Å². The Morgan fingerprint density at radius 3 is 2.91 bits per heavy atom. The lowest BCUT2D eigenvalue weighted by atomic mass is 10.2. The van der Waals surface area contributed by atoms with E-state index in [2.05, 4.69) is 22.5 Å². The summed E-state index contributed by atoms with van der Waals surface area (Å²) in [6.07, 6.45) is 1.85. The normalized spacial score (nSPS) is 10.9. The molecular weight excluding hydrogens is 332 g/mol. The molecule has 7 heteroatoms. The van der Waals surface area contributed by atoms with E-state index in [1.54, 1.807) is 4.68 Å². The second-order valence-corrected chi connectivity index (χ2v) is 5.90. The molecule has 0 aliphatic carbocycles. The van der Waals surface area contributed by atoms with E-state index in [9.17, 15) is 0 Å². The fourth-order valence-corrected chi connectivity index (χ4v) is 2.76. The third-order valence-electron chi connectivity index (χ3n) is 3.43. The molecule has 0 aliphatic rings. The largest absolute Gasteiger partial charge is 0.459 e. The fourth-order valence-electron chi connectivity index (χ4n) is 2.32. The van der Waals surface area contributed by atoms with Gasteiger partial charge in [0.25, 0.3) is 0 Å². The number of rotatable bonds is 6. The van der Waals surface area contributed by atoms with Crippen LogP contribution >= 0.6 is 23.8 Å². The predicted octanol–water partition coefficient (Wildman–Crippen LogP) is 4.55. The van der Waals surface area contributed by atoms with Crippen molar-refractivity contribution in [2.24, 2.45) is 0 Å². The standard InChI is InChI=1S/C16H17ClN4OS/c1-2-5-15-19-20-16(23)21(15)18-10-11-8-9-14(22-11)12-6-3-4-7-13(12)17/h3-4,6-9,18H,2,5,10H2,1H3,(H,20,23). The molecule has 2 aromatic heterocycles. The van der Waals surface area contributed by atoms with Crippen LogP contribution < -0.4 is 5.43 Å². The van der Waals surface area contributed by atoms with Crippen LogP contribution in [0.15, 0.2) is 40.8 Å². The highest BCUT2D eigenvalue weighted by molar-refractivity contribution is 7.71. The molecule has 3 aromatic rings. The molecule has 120 valence electrons. The zero-order valence-corrected chi connectivity index (χ0v) is 14.2. The van der Waals surface area contributed by atoms with Crippen molar-refractivity contribution in [2.45, 2.75) is 26.3 Å². The summed E-state index contributed by atoms with van der Waals surface area (Å²) in [5.74, 6) is 2.43. The minimum absolute atomic E-state index is 0.509. The Balaban J connectivity index is 1.74. The van der Waals surface area contributed by atoms with Gasteiger partial charge in [-0.25, -0.2) is 4.68 Å². The summed E-state index contributed by atoms with van der Waals surface area (Å²) >= 11 is 11.4. The van der Waals surface area contributed by atoms with Gasteiger partial charge in [-0.2, -0.15) is 5.10 Å². The summed E-state index contributed by atoms with van der Waals surface area (Å²) in [7, 11) is 0. The van der Waals surface area contributed by atoms with Gasteiger partial charge >= 0.3 is 0 Å². The molecule has 0 fully saturated rings. The Hall–Kier alpha value is -2.05. The van der Waals surface area contributed by atoms with Gasteiger partial charge in [0, 0.05) is 12.0 Å². The first-order valence-corrected chi connectivity index (χ1v) is 8.21. The topological polar surface area (TPSA) is 58.8 Å². The highest BCUT2D eigenvalue weighted by Crippen LogP contribution is 2.29. The van der Waals surface area contributed by atoms with E-state index in [-0.39, 0.29) is 0 Å². The Morgan fingerprint density at radius 2 is 2.13 bits per heavy atom. The van der Waals surface area contributed by atoms with Crippen molar-refractivity contribution >= 4 is 23.8 Å². The molecule has 0 spiro atoms. The Morgan fingerprint density at radius 1 is 1.30 bits per heavy atom. The maximum absolute atomic E-state index is 6.20. The average Bonchev–Trinajstić information content (AvgIpc) is 3.14. The van der Waals surface area contributed by atoms with E-state index < -0.39 is 0 Å². The number of nitrogens with zero attached hydrogens (tertiary/aromatic N) is 2. The summed E-state index contributed by atoms with van der Waals surface area (Å²) in [6, 6.07) is 11.5. The van der Waals surface area contributed by atoms with Crippen LogP contribution in [0.1, 0.15) is 24.9 Å². The minimum Gasteiger partial charge on any atom is -0.459 e. The molecule has 0 bridgehead atoms. The predicted molar refractivity (Wildman–Crippen MR) is 93.6 cm³/mol. The van der Waals surface area contributed by atoms with Crippen molar-refractivity contribution < 1.29 is 4.42 Å². The summed E-state index contributed by atoms with van der Waals surface area (Å²) in [4.78, 5) is 0. The van der Waals surface area contributed by atoms with Gasteiger partial charge < -0.3 is 9.84 Å². The number of aryl methyl sites for hydroxylation is 1. The Kier molecular flexibility index (Phi) is 4.83. The van der Waals surface area contributed by atoms with Crippen LogP contribution in [0.4, 0.5) is 0 Å². The van der Waals surface area contributed by atoms with E-state index in [4.69, 9.17) is 28.2 Å². The number of halogens is 1. The van der Waals surface area contributed by atoms with Crippen LogP contribution in [0.3, 0.4) is 0 Å². The zero-order valence-electron chi connectivity index (χ0n) is 12.7. The third-order valence-corrected chi connectivity index (χ3v) is 4.03.